The monoisotopic (exact) mass is 139 g/mol. The normalized spacial score (nSPS) is 15.8. The Morgan fingerprint density at radius 1 is 1.40 bits per heavy atom. The molecule has 0 aromatic rings. The first-order valence-electron chi connectivity index (χ1n) is 3.63. The van der Waals surface area contributed by atoms with E-state index in [4.69, 9.17) is 5.73 Å². The second kappa shape index (κ2) is 4.29. The number of hydrogen-bond donors (Lipinski definition) is 1. The SMILES string of the molecule is C=CCCC(C)(N)CC=C. The molecule has 0 amide bonds. The Hall–Kier alpha value is -0.560. The van der Waals surface area contributed by atoms with Crippen LogP contribution in [0.5, 0.6) is 0 Å². The van der Waals surface area contributed by atoms with E-state index >= 15 is 0 Å². The highest BCUT2D eigenvalue weighted by Gasteiger charge is 2.13. The van der Waals surface area contributed by atoms with Crippen LogP contribution in [0, 0.1) is 0 Å². The van der Waals surface area contributed by atoms with E-state index in [0.717, 1.165) is 19.3 Å². The van der Waals surface area contributed by atoms with Crippen molar-refractivity contribution < 1.29 is 0 Å². The van der Waals surface area contributed by atoms with Crippen LogP contribution < -0.4 is 5.73 Å². The molecule has 0 heterocycles. The molecule has 0 aliphatic heterocycles. The summed E-state index contributed by atoms with van der Waals surface area (Å²) < 4.78 is 0. The molecule has 1 nitrogen and oxygen atoms in total. The van der Waals surface area contributed by atoms with Gasteiger partial charge in [0, 0.05) is 5.54 Å². The summed E-state index contributed by atoms with van der Waals surface area (Å²) in [6.07, 6.45) is 6.61. The van der Waals surface area contributed by atoms with E-state index in [1.807, 2.05) is 19.1 Å². The summed E-state index contributed by atoms with van der Waals surface area (Å²) in [5.41, 5.74) is 5.81. The van der Waals surface area contributed by atoms with Gasteiger partial charge in [0.2, 0.25) is 0 Å². The zero-order valence-corrected chi connectivity index (χ0v) is 6.77. The molecule has 0 aliphatic carbocycles. The van der Waals surface area contributed by atoms with Gasteiger partial charge in [-0.3, -0.25) is 0 Å². The summed E-state index contributed by atoms with van der Waals surface area (Å²) in [7, 11) is 0. The molecule has 0 saturated heterocycles. The minimum atomic E-state index is -0.0874. The van der Waals surface area contributed by atoms with Crippen LogP contribution in [0.3, 0.4) is 0 Å². The Morgan fingerprint density at radius 3 is 2.40 bits per heavy atom. The lowest BCUT2D eigenvalue weighted by Gasteiger charge is -2.21. The second-order valence-corrected chi connectivity index (χ2v) is 2.97. The average Bonchev–Trinajstić information content (AvgIpc) is 1.84. The van der Waals surface area contributed by atoms with Crippen molar-refractivity contribution in [3.8, 4) is 0 Å². The molecule has 1 atom stereocenters. The minimum absolute atomic E-state index is 0.0874. The van der Waals surface area contributed by atoms with Crippen molar-refractivity contribution in [1.82, 2.24) is 0 Å². The fourth-order valence-electron chi connectivity index (χ4n) is 0.864. The van der Waals surface area contributed by atoms with Gasteiger partial charge in [-0.25, -0.2) is 0 Å². The van der Waals surface area contributed by atoms with Crippen LogP contribution in [0.25, 0.3) is 0 Å². The van der Waals surface area contributed by atoms with Crippen LogP contribution in [0.1, 0.15) is 26.2 Å². The van der Waals surface area contributed by atoms with Crippen molar-refractivity contribution in [2.75, 3.05) is 0 Å². The summed E-state index contributed by atoms with van der Waals surface area (Å²) in [5, 5.41) is 0. The minimum Gasteiger partial charge on any atom is -0.325 e. The van der Waals surface area contributed by atoms with Crippen LogP contribution in [-0.2, 0) is 0 Å². The van der Waals surface area contributed by atoms with Gasteiger partial charge in [-0.1, -0.05) is 12.2 Å². The van der Waals surface area contributed by atoms with Crippen molar-refractivity contribution in [1.29, 1.82) is 0 Å². The highest BCUT2D eigenvalue weighted by Crippen LogP contribution is 2.13. The predicted molar refractivity (Wildman–Crippen MR) is 46.8 cm³/mol. The second-order valence-electron chi connectivity index (χ2n) is 2.97. The highest BCUT2D eigenvalue weighted by molar-refractivity contribution is 4.88. The van der Waals surface area contributed by atoms with Crippen molar-refractivity contribution in [3.63, 3.8) is 0 Å². The maximum absolute atomic E-state index is 5.89. The van der Waals surface area contributed by atoms with E-state index < -0.39 is 0 Å². The van der Waals surface area contributed by atoms with E-state index in [1.54, 1.807) is 0 Å². The summed E-state index contributed by atoms with van der Waals surface area (Å²) >= 11 is 0. The number of allylic oxidation sites excluding steroid dienone is 1. The summed E-state index contributed by atoms with van der Waals surface area (Å²) in [4.78, 5) is 0. The van der Waals surface area contributed by atoms with Gasteiger partial charge in [-0.2, -0.15) is 0 Å². The van der Waals surface area contributed by atoms with Gasteiger partial charge in [0.25, 0.3) is 0 Å². The molecule has 0 aromatic carbocycles. The number of nitrogens with two attached hydrogens (primary N) is 1. The fraction of sp³-hybridized carbons (Fsp3) is 0.556. The first-order chi connectivity index (χ1) is 4.62. The van der Waals surface area contributed by atoms with E-state index in [0.29, 0.717) is 0 Å². The molecule has 0 bridgehead atoms. The molecule has 1 unspecified atom stereocenters. The standard InChI is InChI=1S/C9H17N/c1-4-6-8-9(3,10)7-5-2/h4-5H,1-2,6-8,10H2,3H3. The number of hydrogen-bond acceptors (Lipinski definition) is 1. The van der Waals surface area contributed by atoms with Crippen LogP contribution in [0.4, 0.5) is 0 Å². The molecule has 0 saturated carbocycles. The fourth-order valence-corrected chi connectivity index (χ4v) is 0.864. The van der Waals surface area contributed by atoms with Gasteiger partial charge >= 0.3 is 0 Å². The van der Waals surface area contributed by atoms with Gasteiger partial charge < -0.3 is 5.73 Å². The van der Waals surface area contributed by atoms with Gasteiger partial charge in [0.15, 0.2) is 0 Å². The Bertz CT molecular complexity index is 114. The zero-order chi connectivity index (χ0) is 8.04. The molecule has 0 spiro atoms. The highest BCUT2D eigenvalue weighted by atomic mass is 14.7. The Balaban J connectivity index is 3.61. The van der Waals surface area contributed by atoms with Crippen molar-refractivity contribution in [2.45, 2.75) is 31.7 Å². The summed E-state index contributed by atoms with van der Waals surface area (Å²) in [5.74, 6) is 0. The van der Waals surface area contributed by atoms with Crippen molar-refractivity contribution in [2.24, 2.45) is 5.73 Å². The van der Waals surface area contributed by atoms with Crippen molar-refractivity contribution in [3.05, 3.63) is 25.3 Å². The van der Waals surface area contributed by atoms with Gasteiger partial charge in [-0.15, -0.1) is 13.2 Å². The third-order valence-electron chi connectivity index (χ3n) is 1.53. The Morgan fingerprint density at radius 2 is 2.00 bits per heavy atom. The molecule has 10 heavy (non-hydrogen) atoms. The van der Waals surface area contributed by atoms with E-state index in [-0.39, 0.29) is 5.54 Å². The first-order valence-corrected chi connectivity index (χ1v) is 3.63. The molecule has 58 valence electrons. The molecular formula is C9H17N. The lowest BCUT2D eigenvalue weighted by atomic mass is 9.93. The van der Waals surface area contributed by atoms with E-state index in [2.05, 4.69) is 13.2 Å². The third kappa shape index (κ3) is 4.33. The van der Waals surface area contributed by atoms with Gasteiger partial charge in [0.1, 0.15) is 0 Å². The molecule has 0 fully saturated rings. The molecule has 0 radical (unpaired) electrons. The first kappa shape index (κ1) is 9.44. The molecule has 0 rings (SSSR count). The number of rotatable bonds is 5. The quantitative estimate of drug-likeness (QED) is 0.581. The van der Waals surface area contributed by atoms with Crippen LogP contribution >= 0.6 is 0 Å². The van der Waals surface area contributed by atoms with Gasteiger partial charge in [-0.05, 0) is 26.2 Å². The maximum Gasteiger partial charge on any atom is 0.0163 e. The lowest BCUT2D eigenvalue weighted by Crippen LogP contribution is -2.34. The Kier molecular flexibility index (Phi) is 4.05. The zero-order valence-electron chi connectivity index (χ0n) is 6.77. The predicted octanol–water partition coefficient (Wildman–Crippen LogP) is 2.25. The molecular weight excluding hydrogens is 122 g/mol. The maximum atomic E-state index is 5.89. The topological polar surface area (TPSA) is 26.0 Å². The van der Waals surface area contributed by atoms with Crippen LogP contribution in [0.15, 0.2) is 25.3 Å². The van der Waals surface area contributed by atoms with E-state index in [1.165, 1.54) is 0 Å². The van der Waals surface area contributed by atoms with Crippen molar-refractivity contribution >= 4 is 0 Å². The largest absolute Gasteiger partial charge is 0.325 e. The van der Waals surface area contributed by atoms with Crippen LogP contribution in [0.2, 0.25) is 0 Å². The Labute approximate surface area is 63.6 Å². The smallest absolute Gasteiger partial charge is 0.0163 e. The summed E-state index contributed by atoms with van der Waals surface area (Å²) in [6.45, 7) is 9.33. The summed E-state index contributed by atoms with van der Waals surface area (Å²) in [6, 6.07) is 0. The third-order valence-corrected chi connectivity index (χ3v) is 1.53. The molecule has 0 aromatic heterocycles. The van der Waals surface area contributed by atoms with E-state index in [9.17, 15) is 0 Å². The van der Waals surface area contributed by atoms with Gasteiger partial charge in [0.05, 0.1) is 0 Å². The van der Waals surface area contributed by atoms with Crippen LogP contribution in [-0.4, -0.2) is 5.54 Å². The molecule has 2 N–H and O–H groups in total. The molecule has 1 heteroatoms. The lowest BCUT2D eigenvalue weighted by molar-refractivity contribution is 0.442. The molecule has 0 aliphatic rings. The average molecular weight is 139 g/mol.